The number of hydrogen-bond donors (Lipinski definition) is 1. The molecule has 1 atom stereocenters. The van der Waals surface area contributed by atoms with Crippen LogP contribution in [0.5, 0.6) is 0 Å². The molecule has 2 rings (SSSR count). The van der Waals surface area contributed by atoms with Crippen molar-refractivity contribution in [1.82, 2.24) is 4.90 Å². The molecule has 19 heavy (non-hydrogen) atoms. The third-order valence-corrected chi connectivity index (χ3v) is 3.51. The van der Waals surface area contributed by atoms with Gasteiger partial charge in [0.2, 0.25) is 5.91 Å². The van der Waals surface area contributed by atoms with Gasteiger partial charge in [-0.15, -0.1) is 0 Å². The molecule has 4 heteroatoms. The zero-order valence-corrected chi connectivity index (χ0v) is 11.7. The second-order valence-electron chi connectivity index (χ2n) is 5.35. The van der Waals surface area contributed by atoms with Crippen molar-refractivity contribution in [3.63, 3.8) is 0 Å². The second-order valence-corrected chi connectivity index (χ2v) is 5.35. The summed E-state index contributed by atoms with van der Waals surface area (Å²) in [7, 11) is 3.96. The molecule has 102 valence electrons. The molecule has 1 unspecified atom stereocenters. The number of carbonyl (C=O) groups excluding carboxylic acids is 2. The Kier molecular flexibility index (Phi) is 4.00. The van der Waals surface area contributed by atoms with Gasteiger partial charge < -0.3 is 10.2 Å². The van der Waals surface area contributed by atoms with E-state index in [-0.39, 0.29) is 17.7 Å². The number of nitrogens with one attached hydrogen (secondary N) is 1. The number of fused-ring (bicyclic) bond motifs is 1. The van der Waals surface area contributed by atoms with E-state index in [1.165, 1.54) is 0 Å². The van der Waals surface area contributed by atoms with Crippen LogP contribution in [0.3, 0.4) is 0 Å². The average molecular weight is 260 g/mol. The molecule has 1 aromatic carbocycles. The minimum absolute atomic E-state index is 0.0770. The van der Waals surface area contributed by atoms with Gasteiger partial charge in [-0.3, -0.25) is 9.59 Å². The Hall–Kier alpha value is -1.68. The normalized spacial score (nSPS) is 15.9. The van der Waals surface area contributed by atoms with Gasteiger partial charge in [0.05, 0.1) is 0 Å². The first kappa shape index (κ1) is 13.7. The maximum absolute atomic E-state index is 11.4. The molecule has 0 spiro atoms. The molecule has 0 aromatic heterocycles. The molecule has 4 nitrogen and oxygen atoms in total. The van der Waals surface area contributed by atoms with Gasteiger partial charge in [0.1, 0.15) is 5.78 Å². The number of aryl methyl sites for hydroxylation is 1. The van der Waals surface area contributed by atoms with E-state index in [0.29, 0.717) is 12.8 Å². The zero-order valence-electron chi connectivity index (χ0n) is 11.7. The van der Waals surface area contributed by atoms with E-state index in [2.05, 4.69) is 16.3 Å². The average Bonchev–Trinajstić information content (AvgIpc) is 2.35. The molecule has 1 aromatic rings. The SMILES string of the molecule is CC(=O)CC(c1ccc2c(c1)CCC(=O)N2)N(C)C. The van der Waals surface area contributed by atoms with Crippen molar-refractivity contribution >= 4 is 17.4 Å². The molecule has 0 saturated carbocycles. The number of benzene rings is 1. The van der Waals surface area contributed by atoms with Gasteiger partial charge in [0.15, 0.2) is 0 Å². The van der Waals surface area contributed by atoms with E-state index in [1.807, 2.05) is 26.2 Å². The standard InChI is InChI=1S/C15H20N2O2/c1-10(18)8-14(17(2)3)12-4-6-13-11(9-12)5-7-15(19)16-13/h4,6,9,14H,5,7-8H2,1-3H3,(H,16,19). The Morgan fingerprint density at radius 2 is 2.11 bits per heavy atom. The topological polar surface area (TPSA) is 49.4 Å². The summed E-state index contributed by atoms with van der Waals surface area (Å²) in [6.45, 7) is 1.62. The van der Waals surface area contributed by atoms with Crippen LogP contribution in [0.4, 0.5) is 5.69 Å². The predicted octanol–water partition coefficient (Wildman–Crippen LogP) is 2.15. The van der Waals surface area contributed by atoms with Gasteiger partial charge in [-0.2, -0.15) is 0 Å². The Bertz CT molecular complexity index is 509. The largest absolute Gasteiger partial charge is 0.326 e. The Morgan fingerprint density at radius 1 is 1.37 bits per heavy atom. The number of hydrogen-bond acceptors (Lipinski definition) is 3. The first-order valence-electron chi connectivity index (χ1n) is 6.56. The molecule has 0 fully saturated rings. The van der Waals surface area contributed by atoms with Gasteiger partial charge in [0, 0.05) is 24.6 Å². The zero-order chi connectivity index (χ0) is 14.0. The molecular formula is C15H20N2O2. The van der Waals surface area contributed by atoms with Gasteiger partial charge in [-0.1, -0.05) is 12.1 Å². The number of anilines is 1. The Labute approximate surface area is 113 Å². The highest BCUT2D eigenvalue weighted by atomic mass is 16.1. The summed E-state index contributed by atoms with van der Waals surface area (Å²) in [5.41, 5.74) is 3.20. The number of rotatable bonds is 4. The van der Waals surface area contributed by atoms with Crippen LogP contribution in [0.1, 0.15) is 36.9 Å². The maximum atomic E-state index is 11.4. The fourth-order valence-corrected chi connectivity index (χ4v) is 2.48. The lowest BCUT2D eigenvalue weighted by atomic mass is 9.94. The molecule has 0 aliphatic carbocycles. The van der Waals surface area contributed by atoms with Crippen molar-refractivity contribution in [3.05, 3.63) is 29.3 Å². The summed E-state index contributed by atoms with van der Waals surface area (Å²) in [4.78, 5) is 24.8. The van der Waals surface area contributed by atoms with Crippen LogP contribution < -0.4 is 5.32 Å². The highest BCUT2D eigenvalue weighted by molar-refractivity contribution is 5.93. The first-order chi connectivity index (χ1) is 8.97. The number of nitrogens with zero attached hydrogens (tertiary/aromatic N) is 1. The van der Waals surface area contributed by atoms with E-state index in [0.717, 1.165) is 23.2 Å². The van der Waals surface area contributed by atoms with Crippen LogP contribution >= 0.6 is 0 Å². The molecule has 1 aliphatic rings. The molecule has 1 aliphatic heterocycles. The number of carbonyl (C=O) groups is 2. The highest BCUT2D eigenvalue weighted by Crippen LogP contribution is 2.29. The summed E-state index contributed by atoms with van der Waals surface area (Å²) in [5.74, 6) is 0.262. The van der Waals surface area contributed by atoms with E-state index in [1.54, 1.807) is 6.92 Å². The Morgan fingerprint density at radius 3 is 2.74 bits per heavy atom. The quantitative estimate of drug-likeness (QED) is 0.902. The number of ketones is 1. The lowest BCUT2D eigenvalue weighted by molar-refractivity contribution is -0.118. The minimum Gasteiger partial charge on any atom is -0.326 e. The molecule has 1 amide bonds. The third kappa shape index (κ3) is 3.20. The van der Waals surface area contributed by atoms with Crippen molar-refractivity contribution in [2.75, 3.05) is 19.4 Å². The smallest absolute Gasteiger partial charge is 0.224 e. The van der Waals surface area contributed by atoms with Crippen LogP contribution in [0.25, 0.3) is 0 Å². The first-order valence-corrected chi connectivity index (χ1v) is 6.56. The van der Waals surface area contributed by atoms with Crippen molar-refractivity contribution in [1.29, 1.82) is 0 Å². The second kappa shape index (κ2) is 5.53. The van der Waals surface area contributed by atoms with E-state index in [9.17, 15) is 9.59 Å². The van der Waals surface area contributed by atoms with Crippen LogP contribution in [0.15, 0.2) is 18.2 Å². The molecule has 0 radical (unpaired) electrons. The Balaban J connectivity index is 2.29. The molecule has 0 bridgehead atoms. The fourth-order valence-electron chi connectivity index (χ4n) is 2.48. The van der Waals surface area contributed by atoms with Gasteiger partial charge in [-0.25, -0.2) is 0 Å². The number of amides is 1. The maximum Gasteiger partial charge on any atom is 0.224 e. The van der Waals surface area contributed by atoms with Crippen molar-refractivity contribution < 1.29 is 9.59 Å². The summed E-state index contributed by atoms with van der Waals surface area (Å²) in [6.07, 6.45) is 1.82. The monoisotopic (exact) mass is 260 g/mol. The summed E-state index contributed by atoms with van der Waals surface area (Å²) in [5, 5.41) is 2.88. The van der Waals surface area contributed by atoms with Gasteiger partial charge >= 0.3 is 0 Å². The molecule has 0 saturated heterocycles. The third-order valence-electron chi connectivity index (χ3n) is 3.51. The van der Waals surface area contributed by atoms with Gasteiger partial charge in [0.25, 0.3) is 0 Å². The van der Waals surface area contributed by atoms with Crippen LogP contribution in [0.2, 0.25) is 0 Å². The van der Waals surface area contributed by atoms with E-state index in [4.69, 9.17) is 0 Å². The predicted molar refractivity (Wildman–Crippen MR) is 75.1 cm³/mol. The fraction of sp³-hybridized carbons (Fsp3) is 0.467. The van der Waals surface area contributed by atoms with Gasteiger partial charge in [-0.05, 0) is 44.6 Å². The summed E-state index contributed by atoms with van der Waals surface area (Å²) >= 11 is 0. The van der Waals surface area contributed by atoms with Crippen LogP contribution in [-0.2, 0) is 16.0 Å². The lowest BCUT2D eigenvalue weighted by Gasteiger charge is -2.26. The molecular weight excluding hydrogens is 240 g/mol. The minimum atomic E-state index is 0.0770. The molecule has 1 heterocycles. The van der Waals surface area contributed by atoms with E-state index < -0.39 is 0 Å². The lowest BCUT2D eigenvalue weighted by Crippen LogP contribution is -2.23. The van der Waals surface area contributed by atoms with Crippen molar-refractivity contribution in [3.8, 4) is 0 Å². The number of Topliss-reactive ketones (excluding diaryl/α,β-unsaturated/α-hetero) is 1. The van der Waals surface area contributed by atoms with Crippen molar-refractivity contribution in [2.24, 2.45) is 0 Å². The summed E-state index contributed by atoms with van der Waals surface area (Å²) < 4.78 is 0. The van der Waals surface area contributed by atoms with Crippen molar-refractivity contribution in [2.45, 2.75) is 32.2 Å². The summed E-state index contributed by atoms with van der Waals surface area (Å²) in [6, 6.07) is 6.15. The van der Waals surface area contributed by atoms with E-state index >= 15 is 0 Å². The van der Waals surface area contributed by atoms with Crippen LogP contribution in [0, 0.1) is 0 Å². The highest BCUT2D eigenvalue weighted by Gasteiger charge is 2.20. The van der Waals surface area contributed by atoms with Crippen LogP contribution in [-0.4, -0.2) is 30.7 Å². The molecule has 1 N–H and O–H groups in total.